The molecule has 3 rings (SSSR count). The van der Waals surface area contributed by atoms with Gasteiger partial charge < -0.3 is 14.2 Å². The van der Waals surface area contributed by atoms with Gasteiger partial charge in [0.1, 0.15) is 5.82 Å². The average Bonchev–Trinajstić information content (AvgIpc) is 2.95. The quantitative estimate of drug-likeness (QED) is 0.402. The van der Waals surface area contributed by atoms with E-state index >= 15 is 0 Å². The number of benzene rings is 2. The molecule has 0 atom stereocenters. The minimum absolute atomic E-state index is 0.0514. The molecule has 0 unspecified atom stereocenters. The van der Waals surface area contributed by atoms with Crippen LogP contribution in [0.15, 0.2) is 47.1 Å². The van der Waals surface area contributed by atoms with Gasteiger partial charge in [0.05, 0.1) is 23.4 Å². The topological polar surface area (TPSA) is 57.1 Å². The molecule has 1 aliphatic rings. The molecule has 1 aliphatic heterocycles. The van der Waals surface area contributed by atoms with Crippen molar-refractivity contribution in [3.63, 3.8) is 0 Å². The first kappa shape index (κ1) is 17.4. The fourth-order valence-electron chi connectivity index (χ4n) is 2.34. The van der Waals surface area contributed by atoms with E-state index < -0.39 is 11.8 Å². The van der Waals surface area contributed by atoms with Gasteiger partial charge in [-0.05, 0) is 58.5 Å². The van der Waals surface area contributed by atoms with Gasteiger partial charge in [-0.2, -0.15) is 0 Å². The van der Waals surface area contributed by atoms with Crippen LogP contribution >= 0.6 is 22.6 Å². The predicted molar refractivity (Wildman–Crippen MR) is 99.3 cm³/mol. The van der Waals surface area contributed by atoms with Gasteiger partial charge in [-0.3, -0.25) is 0 Å². The van der Waals surface area contributed by atoms with Gasteiger partial charge in [-0.25, -0.2) is 14.2 Å². The van der Waals surface area contributed by atoms with Crippen LogP contribution in [-0.4, -0.2) is 26.1 Å². The highest BCUT2D eigenvalue weighted by atomic mass is 127. The lowest BCUT2D eigenvalue weighted by Gasteiger charge is -2.10. The number of carbonyl (C=O) groups excluding carboxylic acids is 1. The van der Waals surface area contributed by atoms with E-state index in [-0.39, 0.29) is 17.2 Å². The van der Waals surface area contributed by atoms with Crippen molar-refractivity contribution in [2.75, 3.05) is 14.2 Å². The Bertz CT molecular complexity index is 908. The highest BCUT2D eigenvalue weighted by molar-refractivity contribution is 14.1. The van der Waals surface area contributed by atoms with Crippen LogP contribution in [0.2, 0.25) is 0 Å². The Balaban J connectivity index is 2.00. The van der Waals surface area contributed by atoms with Gasteiger partial charge in [0.2, 0.25) is 5.90 Å². The van der Waals surface area contributed by atoms with Gasteiger partial charge in [-0.1, -0.05) is 12.1 Å². The number of methoxy groups -OCH3 is 2. The Hall–Kier alpha value is -2.42. The summed E-state index contributed by atoms with van der Waals surface area (Å²) in [7, 11) is 3.08. The highest BCUT2D eigenvalue weighted by Gasteiger charge is 2.26. The molecule has 0 radical (unpaired) electrons. The van der Waals surface area contributed by atoms with Crippen molar-refractivity contribution < 1.29 is 23.4 Å². The zero-order chi connectivity index (χ0) is 18.0. The second kappa shape index (κ2) is 7.22. The smallest absolute Gasteiger partial charge is 0.363 e. The van der Waals surface area contributed by atoms with E-state index in [0.717, 1.165) is 3.57 Å². The zero-order valence-corrected chi connectivity index (χ0v) is 15.5. The molecule has 7 heteroatoms. The van der Waals surface area contributed by atoms with Crippen molar-refractivity contribution in [1.29, 1.82) is 0 Å². The third kappa shape index (κ3) is 3.51. The minimum Gasteiger partial charge on any atom is -0.493 e. The summed E-state index contributed by atoms with van der Waals surface area (Å²) in [6.07, 6.45) is 1.56. The maximum absolute atomic E-state index is 13.8. The number of carbonyl (C=O) groups is 1. The van der Waals surface area contributed by atoms with Crippen LogP contribution in [-0.2, 0) is 9.53 Å². The molecule has 0 amide bonds. The molecule has 0 spiro atoms. The molecular weight excluding hydrogens is 440 g/mol. The van der Waals surface area contributed by atoms with E-state index in [1.807, 2.05) is 6.07 Å². The van der Waals surface area contributed by atoms with Crippen molar-refractivity contribution in [2.24, 2.45) is 4.99 Å². The highest BCUT2D eigenvalue weighted by Crippen LogP contribution is 2.34. The maximum Gasteiger partial charge on any atom is 0.363 e. The fraction of sp³-hybridized carbons (Fsp3) is 0.111. The summed E-state index contributed by atoms with van der Waals surface area (Å²) in [5.74, 6) is -0.0516. The van der Waals surface area contributed by atoms with Gasteiger partial charge >= 0.3 is 5.97 Å². The molecule has 0 saturated carbocycles. The summed E-state index contributed by atoms with van der Waals surface area (Å²) in [5, 5.41) is 0. The first-order chi connectivity index (χ1) is 12.0. The van der Waals surface area contributed by atoms with E-state index in [4.69, 9.17) is 14.2 Å². The van der Waals surface area contributed by atoms with Gasteiger partial charge in [-0.15, -0.1) is 0 Å². The molecule has 1 heterocycles. The maximum atomic E-state index is 13.8. The third-order valence-electron chi connectivity index (χ3n) is 3.48. The fourth-order valence-corrected chi connectivity index (χ4v) is 3.18. The standard InChI is InChI=1S/C18H13FINO4/c1-23-15-9-10(7-13(20)16(15)24-2)8-14-18(22)25-17(21-14)11-5-3-4-6-12(11)19/h3-9H,1-2H3. The molecule has 0 saturated heterocycles. The molecule has 5 nitrogen and oxygen atoms in total. The molecule has 0 fully saturated rings. The largest absolute Gasteiger partial charge is 0.493 e. The molecule has 2 aromatic carbocycles. The summed E-state index contributed by atoms with van der Waals surface area (Å²) in [6, 6.07) is 9.52. The Morgan fingerprint density at radius 1 is 1.20 bits per heavy atom. The lowest BCUT2D eigenvalue weighted by molar-refractivity contribution is -0.129. The number of cyclic esters (lactones) is 1. The summed E-state index contributed by atoms with van der Waals surface area (Å²) >= 11 is 2.11. The van der Waals surface area contributed by atoms with Gasteiger partial charge in [0.15, 0.2) is 17.2 Å². The lowest BCUT2D eigenvalue weighted by atomic mass is 10.1. The molecule has 128 valence electrons. The number of nitrogens with zero attached hydrogens (tertiary/aromatic N) is 1. The first-order valence-corrected chi connectivity index (χ1v) is 8.30. The van der Waals surface area contributed by atoms with Crippen molar-refractivity contribution in [3.05, 3.63) is 62.6 Å². The Morgan fingerprint density at radius 2 is 1.96 bits per heavy atom. The summed E-state index contributed by atoms with van der Waals surface area (Å²) in [4.78, 5) is 16.2. The van der Waals surface area contributed by atoms with Crippen molar-refractivity contribution in [2.45, 2.75) is 0 Å². The lowest BCUT2D eigenvalue weighted by Crippen LogP contribution is -2.07. The Kier molecular flexibility index (Phi) is 5.03. The molecule has 0 aliphatic carbocycles. The SMILES string of the molecule is COc1cc(C=C2N=C(c3ccccc3F)OC2=O)cc(I)c1OC. The van der Waals surface area contributed by atoms with E-state index in [1.165, 1.54) is 19.2 Å². The summed E-state index contributed by atoms with van der Waals surface area (Å²) < 4.78 is 30.3. The Morgan fingerprint density at radius 3 is 2.64 bits per heavy atom. The monoisotopic (exact) mass is 453 g/mol. The van der Waals surface area contributed by atoms with Crippen molar-refractivity contribution >= 4 is 40.5 Å². The van der Waals surface area contributed by atoms with Crippen LogP contribution in [0.5, 0.6) is 11.5 Å². The van der Waals surface area contributed by atoms with E-state index in [9.17, 15) is 9.18 Å². The zero-order valence-electron chi connectivity index (χ0n) is 13.4. The van der Waals surface area contributed by atoms with E-state index in [1.54, 1.807) is 31.4 Å². The summed E-state index contributed by atoms with van der Waals surface area (Å²) in [5.41, 5.74) is 0.912. The van der Waals surface area contributed by atoms with Crippen LogP contribution in [0.1, 0.15) is 11.1 Å². The van der Waals surface area contributed by atoms with Crippen LogP contribution in [0.25, 0.3) is 6.08 Å². The average molecular weight is 453 g/mol. The number of hydrogen-bond donors (Lipinski definition) is 0. The number of hydrogen-bond acceptors (Lipinski definition) is 5. The number of halogens is 2. The van der Waals surface area contributed by atoms with Crippen LogP contribution in [0.3, 0.4) is 0 Å². The van der Waals surface area contributed by atoms with Crippen LogP contribution in [0.4, 0.5) is 4.39 Å². The predicted octanol–water partition coefficient (Wildman–Crippen LogP) is 3.79. The van der Waals surface area contributed by atoms with E-state index in [0.29, 0.717) is 17.1 Å². The second-order valence-electron chi connectivity index (χ2n) is 5.05. The first-order valence-electron chi connectivity index (χ1n) is 7.22. The normalized spacial score (nSPS) is 15.1. The number of rotatable bonds is 4. The molecule has 25 heavy (non-hydrogen) atoms. The molecule has 2 aromatic rings. The van der Waals surface area contributed by atoms with Gasteiger partial charge in [0, 0.05) is 0 Å². The van der Waals surface area contributed by atoms with Crippen LogP contribution in [0, 0.1) is 9.39 Å². The Labute approximate surface area is 157 Å². The second-order valence-corrected chi connectivity index (χ2v) is 6.22. The van der Waals surface area contributed by atoms with Gasteiger partial charge in [0.25, 0.3) is 0 Å². The number of esters is 1. The molecule has 0 aromatic heterocycles. The molecule has 0 N–H and O–H groups in total. The number of aliphatic imine (C=N–C) groups is 1. The minimum atomic E-state index is -0.636. The van der Waals surface area contributed by atoms with E-state index in [2.05, 4.69) is 27.6 Å². The third-order valence-corrected chi connectivity index (χ3v) is 4.29. The molecule has 0 bridgehead atoms. The van der Waals surface area contributed by atoms with Crippen molar-refractivity contribution in [3.8, 4) is 11.5 Å². The van der Waals surface area contributed by atoms with Crippen LogP contribution < -0.4 is 9.47 Å². The van der Waals surface area contributed by atoms with Crippen molar-refractivity contribution in [1.82, 2.24) is 0 Å². The molecular formula is C18H13FINO4. The summed E-state index contributed by atoms with van der Waals surface area (Å²) in [6.45, 7) is 0. The number of ether oxygens (including phenoxy) is 3.